The predicted molar refractivity (Wildman–Crippen MR) is 115 cm³/mol. The molecule has 0 aliphatic heterocycles. The zero-order chi connectivity index (χ0) is 22.2. The molecule has 0 radical (unpaired) electrons. The number of hydrogen-bond acceptors (Lipinski definition) is 5. The highest BCUT2D eigenvalue weighted by Gasteiger charge is 2.15. The van der Waals surface area contributed by atoms with E-state index in [0.29, 0.717) is 22.3 Å². The summed E-state index contributed by atoms with van der Waals surface area (Å²) < 4.78 is 29.9. The van der Waals surface area contributed by atoms with Crippen molar-refractivity contribution in [1.82, 2.24) is 24.6 Å². The molecule has 0 aliphatic rings. The minimum Gasteiger partial charge on any atom is -0.328 e. The Balaban J connectivity index is 1.61. The van der Waals surface area contributed by atoms with Gasteiger partial charge in [0.05, 0.1) is 28.7 Å². The number of pyridine rings is 2. The van der Waals surface area contributed by atoms with Gasteiger partial charge in [-0.2, -0.15) is 9.61 Å². The number of anilines is 2. The maximum atomic E-state index is 14.2. The van der Waals surface area contributed by atoms with Crippen LogP contribution in [0.4, 0.5) is 20.4 Å². The van der Waals surface area contributed by atoms with Crippen LogP contribution in [0.5, 0.6) is 0 Å². The van der Waals surface area contributed by atoms with Crippen LogP contribution in [-0.4, -0.2) is 24.6 Å². The Morgan fingerprint density at radius 2 is 1.69 bits per heavy atom. The molecule has 32 heavy (non-hydrogen) atoms. The van der Waals surface area contributed by atoms with Crippen LogP contribution in [-0.2, 0) is 0 Å². The number of hydrogen-bond donors (Lipinski definition) is 3. The molecule has 4 heterocycles. The van der Waals surface area contributed by atoms with Crippen LogP contribution in [0, 0.1) is 11.6 Å². The van der Waals surface area contributed by atoms with Gasteiger partial charge < -0.3 is 15.3 Å². The summed E-state index contributed by atoms with van der Waals surface area (Å²) in [7, 11) is 0. The van der Waals surface area contributed by atoms with E-state index in [1.165, 1.54) is 41.2 Å². The van der Waals surface area contributed by atoms with Gasteiger partial charge >= 0.3 is 0 Å². The fourth-order valence-corrected chi connectivity index (χ4v) is 3.36. The number of aromatic nitrogens is 5. The average Bonchev–Trinajstić information content (AvgIpc) is 3.18. The maximum Gasteiger partial charge on any atom is 0.248 e. The highest BCUT2D eigenvalue weighted by molar-refractivity contribution is 5.79. The lowest BCUT2D eigenvalue weighted by Crippen LogP contribution is -2.09. The van der Waals surface area contributed by atoms with Crippen LogP contribution in [0.1, 0.15) is 0 Å². The van der Waals surface area contributed by atoms with Crippen LogP contribution >= 0.6 is 0 Å². The molecule has 0 fully saturated rings. The average molecular weight is 432 g/mol. The Kier molecular flexibility index (Phi) is 4.59. The van der Waals surface area contributed by atoms with Gasteiger partial charge in [0.25, 0.3) is 0 Å². The second-order valence-corrected chi connectivity index (χ2v) is 6.92. The van der Waals surface area contributed by atoms with E-state index in [9.17, 15) is 18.4 Å². The Labute approximate surface area is 178 Å². The molecule has 0 atom stereocenters. The van der Waals surface area contributed by atoms with Crippen molar-refractivity contribution in [3.63, 3.8) is 0 Å². The van der Waals surface area contributed by atoms with Crippen LogP contribution in [0.25, 0.3) is 27.9 Å². The van der Waals surface area contributed by atoms with Gasteiger partial charge in [0, 0.05) is 35.7 Å². The number of imidazole rings is 1. The lowest BCUT2D eigenvalue weighted by molar-refractivity contribution is 0.588. The first-order valence-corrected chi connectivity index (χ1v) is 9.47. The Morgan fingerprint density at radius 1 is 0.906 bits per heavy atom. The van der Waals surface area contributed by atoms with E-state index < -0.39 is 11.6 Å². The molecule has 0 bridgehead atoms. The van der Waals surface area contributed by atoms with Gasteiger partial charge in [0.15, 0.2) is 0 Å². The zero-order valence-corrected chi connectivity index (χ0v) is 16.3. The standard InChI is InChI=1S/C22H14F2N6O2/c23-15-2-1-3-16(24)21(15)17-6-5-13-10-27-22(30(13)29-17)28-18-11-26-20(32)8-14(18)12-4-7-19(31)25-9-12/h1-11H,(H,25,31)(H,26,32)(H,27,28). The number of nitrogens with one attached hydrogen (secondary N) is 3. The van der Waals surface area contributed by atoms with Crippen molar-refractivity contribution in [3.8, 4) is 22.4 Å². The van der Waals surface area contributed by atoms with Crippen LogP contribution in [0.2, 0.25) is 0 Å². The molecule has 3 N–H and O–H groups in total. The lowest BCUT2D eigenvalue weighted by Gasteiger charge is -2.11. The van der Waals surface area contributed by atoms with E-state index in [0.717, 1.165) is 12.1 Å². The molecule has 0 saturated heterocycles. The van der Waals surface area contributed by atoms with E-state index in [4.69, 9.17) is 0 Å². The van der Waals surface area contributed by atoms with Crippen LogP contribution in [0.3, 0.4) is 0 Å². The van der Waals surface area contributed by atoms with Crippen molar-refractivity contribution in [2.45, 2.75) is 0 Å². The van der Waals surface area contributed by atoms with Crippen molar-refractivity contribution in [1.29, 1.82) is 0 Å². The second-order valence-electron chi connectivity index (χ2n) is 6.92. The predicted octanol–water partition coefficient (Wildman–Crippen LogP) is 3.46. The molecule has 4 aromatic heterocycles. The molecule has 5 rings (SSSR count). The molecular formula is C22H14F2N6O2. The summed E-state index contributed by atoms with van der Waals surface area (Å²) in [5.41, 5.74) is 1.42. The molecule has 0 saturated carbocycles. The van der Waals surface area contributed by atoms with Crippen molar-refractivity contribution in [3.05, 3.63) is 99.5 Å². The summed E-state index contributed by atoms with van der Waals surface area (Å²) in [4.78, 5) is 32.7. The topological polar surface area (TPSA) is 108 Å². The summed E-state index contributed by atoms with van der Waals surface area (Å²) in [6, 6.07) is 11.1. The summed E-state index contributed by atoms with van der Waals surface area (Å²) >= 11 is 0. The third-order valence-electron chi connectivity index (χ3n) is 4.87. The summed E-state index contributed by atoms with van der Waals surface area (Å²) in [6.45, 7) is 0. The number of H-pyrrole nitrogens is 2. The fraction of sp³-hybridized carbons (Fsp3) is 0. The monoisotopic (exact) mass is 432 g/mol. The smallest absolute Gasteiger partial charge is 0.248 e. The van der Waals surface area contributed by atoms with Gasteiger partial charge in [-0.1, -0.05) is 6.07 Å². The maximum absolute atomic E-state index is 14.2. The van der Waals surface area contributed by atoms with Gasteiger partial charge in [-0.25, -0.2) is 13.8 Å². The van der Waals surface area contributed by atoms with Gasteiger partial charge in [0.2, 0.25) is 17.1 Å². The Bertz CT molecular complexity index is 1550. The number of aromatic amines is 2. The summed E-state index contributed by atoms with van der Waals surface area (Å²) in [5, 5.41) is 7.43. The molecule has 0 aliphatic carbocycles. The first-order valence-electron chi connectivity index (χ1n) is 9.47. The zero-order valence-electron chi connectivity index (χ0n) is 16.3. The highest BCUT2D eigenvalue weighted by Crippen LogP contribution is 2.29. The summed E-state index contributed by atoms with van der Waals surface area (Å²) in [5.74, 6) is -1.20. The second kappa shape index (κ2) is 7.58. The molecule has 10 heteroatoms. The van der Waals surface area contributed by atoms with E-state index in [1.54, 1.807) is 18.3 Å². The molecule has 0 spiro atoms. The quantitative estimate of drug-likeness (QED) is 0.403. The molecule has 0 unspecified atom stereocenters. The molecular weight excluding hydrogens is 418 g/mol. The minimum absolute atomic E-state index is 0.0940. The van der Waals surface area contributed by atoms with Crippen molar-refractivity contribution < 1.29 is 8.78 Å². The van der Waals surface area contributed by atoms with E-state index in [1.807, 2.05) is 0 Å². The van der Waals surface area contributed by atoms with E-state index >= 15 is 0 Å². The minimum atomic E-state index is -0.729. The molecule has 5 aromatic rings. The van der Waals surface area contributed by atoms with Gasteiger partial charge in [-0.3, -0.25) is 9.59 Å². The normalized spacial score (nSPS) is 11.1. The highest BCUT2D eigenvalue weighted by atomic mass is 19.1. The number of benzene rings is 1. The SMILES string of the molecule is O=c1ccc(-c2cc(=O)[nH]cc2Nc2ncc3ccc(-c4c(F)cccc4F)nn23)c[nH]1. The first-order chi connectivity index (χ1) is 15.5. The molecule has 0 amide bonds. The van der Waals surface area contributed by atoms with Gasteiger partial charge in [0.1, 0.15) is 11.6 Å². The van der Waals surface area contributed by atoms with Crippen molar-refractivity contribution in [2.24, 2.45) is 0 Å². The van der Waals surface area contributed by atoms with Crippen LogP contribution < -0.4 is 16.4 Å². The third kappa shape index (κ3) is 3.43. The largest absolute Gasteiger partial charge is 0.328 e. The Morgan fingerprint density at radius 3 is 2.44 bits per heavy atom. The van der Waals surface area contributed by atoms with E-state index in [2.05, 4.69) is 25.4 Å². The van der Waals surface area contributed by atoms with Crippen LogP contribution in [0.15, 0.2) is 76.7 Å². The molecule has 8 nitrogen and oxygen atoms in total. The number of halogens is 2. The third-order valence-corrected chi connectivity index (χ3v) is 4.87. The number of nitrogens with zero attached hydrogens (tertiary/aromatic N) is 3. The van der Waals surface area contributed by atoms with Gasteiger partial charge in [-0.05, 0) is 30.3 Å². The first kappa shape index (κ1) is 19.4. The van der Waals surface area contributed by atoms with E-state index in [-0.39, 0.29) is 28.3 Å². The van der Waals surface area contributed by atoms with Crippen molar-refractivity contribution in [2.75, 3.05) is 5.32 Å². The molecule has 1 aromatic carbocycles. The number of rotatable bonds is 4. The number of fused-ring (bicyclic) bond motifs is 1. The van der Waals surface area contributed by atoms with Gasteiger partial charge in [-0.15, -0.1) is 0 Å². The lowest BCUT2D eigenvalue weighted by atomic mass is 10.1. The fourth-order valence-electron chi connectivity index (χ4n) is 3.36. The molecule has 158 valence electrons. The van der Waals surface area contributed by atoms with Crippen molar-refractivity contribution >= 4 is 17.2 Å². The Hall–Kier alpha value is -4.60. The summed E-state index contributed by atoms with van der Waals surface area (Å²) in [6.07, 6.45) is 4.50.